The molecule has 1 amide bonds. The number of piperazine rings is 1. The molecule has 6 rings (SSSR count). The van der Waals surface area contributed by atoms with E-state index in [0.717, 1.165) is 37.9 Å². The summed E-state index contributed by atoms with van der Waals surface area (Å²) in [5.74, 6) is 0.254. The van der Waals surface area contributed by atoms with E-state index < -0.39 is 0 Å². The maximum atomic E-state index is 13.3. The second-order valence-electron chi connectivity index (χ2n) is 10.6. The van der Waals surface area contributed by atoms with Gasteiger partial charge in [0.1, 0.15) is 5.39 Å². The Labute approximate surface area is 233 Å². The SMILES string of the molecule is C=CCn1c(=O)c2cnc(Nc3ccc(N4CCN(C5CC5)CC4)cc3)nc2n1-c1cccc(C(=O)N(C)C)c1. The summed E-state index contributed by atoms with van der Waals surface area (Å²) in [5, 5.41) is 3.67. The topological polar surface area (TPSA) is 91.5 Å². The number of carbonyl (C=O) groups is 1. The molecule has 3 heterocycles. The number of hydrogen-bond donors (Lipinski definition) is 1. The molecule has 1 aliphatic carbocycles. The average Bonchev–Trinajstić information content (AvgIpc) is 3.79. The smallest absolute Gasteiger partial charge is 0.278 e. The van der Waals surface area contributed by atoms with Crippen molar-refractivity contribution in [1.29, 1.82) is 0 Å². The first kappa shape index (κ1) is 25.8. The van der Waals surface area contributed by atoms with E-state index in [2.05, 4.69) is 38.8 Å². The fourth-order valence-electron chi connectivity index (χ4n) is 5.34. The summed E-state index contributed by atoms with van der Waals surface area (Å²) in [5.41, 5.74) is 3.46. The molecule has 1 aliphatic heterocycles. The van der Waals surface area contributed by atoms with Gasteiger partial charge in [-0.25, -0.2) is 14.3 Å². The molecule has 0 unspecified atom stereocenters. The van der Waals surface area contributed by atoms with Gasteiger partial charge in [-0.05, 0) is 55.3 Å². The summed E-state index contributed by atoms with van der Waals surface area (Å²) in [7, 11) is 3.42. The minimum absolute atomic E-state index is 0.124. The molecule has 0 radical (unpaired) electrons. The zero-order valence-electron chi connectivity index (χ0n) is 23.0. The molecule has 0 bridgehead atoms. The van der Waals surface area contributed by atoms with Crippen molar-refractivity contribution in [3.63, 3.8) is 0 Å². The highest BCUT2D eigenvalue weighted by Crippen LogP contribution is 2.29. The number of nitrogens with zero attached hydrogens (tertiary/aromatic N) is 7. The maximum absolute atomic E-state index is 13.3. The third kappa shape index (κ3) is 4.98. The summed E-state index contributed by atoms with van der Waals surface area (Å²) in [6.07, 6.45) is 5.91. The molecule has 0 atom stereocenters. The lowest BCUT2D eigenvalue weighted by Gasteiger charge is -2.36. The fourth-order valence-corrected chi connectivity index (χ4v) is 5.34. The van der Waals surface area contributed by atoms with Crippen molar-refractivity contribution in [3.05, 3.63) is 83.3 Å². The van der Waals surface area contributed by atoms with Crippen molar-refractivity contribution < 1.29 is 4.79 Å². The molecule has 4 aromatic rings. The molecule has 2 aromatic carbocycles. The van der Waals surface area contributed by atoms with Crippen LogP contribution in [-0.4, -0.2) is 81.4 Å². The molecular formula is C30H34N8O2. The van der Waals surface area contributed by atoms with Crippen LogP contribution in [0.25, 0.3) is 16.7 Å². The number of fused-ring (bicyclic) bond motifs is 1. The Morgan fingerprint density at radius 1 is 1.07 bits per heavy atom. The van der Waals surface area contributed by atoms with Crippen LogP contribution in [0, 0.1) is 0 Å². The number of amides is 1. The number of carbonyl (C=O) groups excluding carboxylic acids is 1. The fraction of sp³-hybridized carbons (Fsp3) is 0.333. The van der Waals surface area contributed by atoms with E-state index in [0.29, 0.717) is 28.2 Å². The third-order valence-electron chi connectivity index (χ3n) is 7.59. The minimum atomic E-state index is -0.225. The third-order valence-corrected chi connectivity index (χ3v) is 7.59. The van der Waals surface area contributed by atoms with Crippen LogP contribution in [0.4, 0.5) is 17.3 Å². The van der Waals surface area contributed by atoms with Crippen LogP contribution in [0.2, 0.25) is 0 Å². The Bertz CT molecular complexity index is 1610. The number of anilines is 3. The molecule has 0 spiro atoms. The van der Waals surface area contributed by atoms with Gasteiger partial charge in [0.2, 0.25) is 5.95 Å². The highest BCUT2D eigenvalue weighted by Gasteiger charge is 2.31. The molecule has 10 nitrogen and oxygen atoms in total. The van der Waals surface area contributed by atoms with Crippen molar-refractivity contribution in [3.8, 4) is 5.69 Å². The number of hydrogen-bond acceptors (Lipinski definition) is 7. The van der Waals surface area contributed by atoms with Crippen LogP contribution in [0.15, 0.2) is 72.2 Å². The van der Waals surface area contributed by atoms with E-state index in [1.807, 2.05) is 18.2 Å². The van der Waals surface area contributed by atoms with Gasteiger partial charge in [-0.2, -0.15) is 4.98 Å². The minimum Gasteiger partial charge on any atom is -0.369 e. The van der Waals surface area contributed by atoms with Gasteiger partial charge in [-0.1, -0.05) is 12.1 Å². The quantitative estimate of drug-likeness (QED) is 0.344. The number of nitrogens with one attached hydrogen (secondary N) is 1. The van der Waals surface area contributed by atoms with E-state index >= 15 is 0 Å². The monoisotopic (exact) mass is 538 g/mol. The van der Waals surface area contributed by atoms with Gasteiger partial charge in [0.05, 0.1) is 12.2 Å². The van der Waals surface area contributed by atoms with E-state index in [4.69, 9.17) is 4.98 Å². The Kier molecular flexibility index (Phi) is 6.85. The number of allylic oxidation sites excluding steroid dienone is 1. The van der Waals surface area contributed by atoms with Crippen LogP contribution < -0.4 is 15.8 Å². The van der Waals surface area contributed by atoms with E-state index in [1.54, 1.807) is 53.9 Å². The first-order chi connectivity index (χ1) is 19.4. The zero-order chi connectivity index (χ0) is 27.8. The predicted octanol–water partition coefficient (Wildman–Crippen LogP) is 3.50. The van der Waals surface area contributed by atoms with Gasteiger partial charge < -0.3 is 15.1 Å². The van der Waals surface area contributed by atoms with Crippen molar-refractivity contribution in [2.45, 2.75) is 25.4 Å². The van der Waals surface area contributed by atoms with Gasteiger partial charge in [0.25, 0.3) is 11.5 Å². The van der Waals surface area contributed by atoms with Gasteiger partial charge in [-0.15, -0.1) is 6.58 Å². The summed E-state index contributed by atoms with van der Waals surface area (Å²) >= 11 is 0. The Balaban J connectivity index is 1.28. The molecule has 2 aromatic heterocycles. The maximum Gasteiger partial charge on any atom is 0.278 e. The summed E-state index contributed by atoms with van der Waals surface area (Å²) in [6, 6.07) is 16.3. The Hall–Kier alpha value is -4.44. The van der Waals surface area contributed by atoms with Crippen LogP contribution >= 0.6 is 0 Å². The highest BCUT2D eigenvalue weighted by molar-refractivity contribution is 5.94. The molecule has 40 heavy (non-hydrogen) atoms. The first-order valence-corrected chi connectivity index (χ1v) is 13.7. The highest BCUT2D eigenvalue weighted by atomic mass is 16.2. The summed E-state index contributed by atoms with van der Waals surface area (Å²) in [6.45, 7) is 8.43. The van der Waals surface area contributed by atoms with Crippen LogP contribution in [0.1, 0.15) is 23.2 Å². The van der Waals surface area contributed by atoms with Crippen molar-refractivity contribution >= 4 is 34.3 Å². The molecular weight excluding hydrogens is 504 g/mol. The normalized spacial score (nSPS) is 15.8. The number of aromatic nitrogens is 4. The molecule has 206 valence electrons. The number of rotatable bonds is 8. The molecule has 2 aliphatic rings. The molecule has 2 fully saturated rings. The average molecular weight is 539 g/mol. The standard InChI is InChI=1S/C30H34N8O2/c1-4-14-37-29(40)26-20-31-30(33-27(26)38(37)25-7-5-6-21(19-25)28(39)34(2)3)32-22-8-10-23(11-9-22)35-15-17-36(18-16-35)24-12-13-24/h4-11,19-20,24H,1,12-18H2,2-3H3,(H,31,32,33). The summed E-state index contributed by atoms with van der Waals surface area (Å²) < 4.78 is 3.27. The van der Waals surface area contributed by atoms with Crippen LogP contribution in [0.3, 0.4) is 0 Å². The number of benzene rings is 2. The van der Waals surface area contributed by atoms with Gasteiger partial charge in [-0.3, -0.25) is 14.5 Å². The van der Waals surface area contributed by atoms with Gasteiger partial charge in [0.15, 0.2) is 5.65 Å². The Morgan fingerprint density at radius 2 is 1.82 bits per heavy atom. The van der Waals surface area contributed by atoms with Crippen molar-refractivity contribution in [2.24, 2.45) is 0 Å². The lowest BCUT2D eigenvalue weighted by atomic mass is 10.2. The summed E-state index contributed by atoms with van der Waals surface area (Å²) in [4.78, 5) is 41.6. The van der Waals surface area contributed by atoms with Gasteiger partial charge in [0, 0.05) is 69.5 Å². The lowest BCUT2D eigenvalue weighted by molar-refractivity contribution is 0.0827. The van der Waals surface area contributed by atoms with E-state index in [1.165, 1.54) is 23.4 Å². The molecule has 1 saturated carbocycles. The van der Waals surface area contributed by atoms with Crippen molar-refractivity contribution in [2.75, 3.05) is 50.5 Å². The second kappa shape index (κ2) is 10.6. The molecule has 1 saturated heterocycles. The lowest BCUT2D eigenvalue weighted by Crippen LogP contribution is -2.47. The van der Waals surface area contributed by atoms with Crippen molar-refractivity contribution in [1.82, 2.24) is 29.1 Å². The van der Waals surface area contributed by atoms with E-state index in [-0.39, 0.29) is 18.0 Å². The van der Waals surface area contributed by atoms with E-state index in [9.17, 15) is 9.59 Å². The second-order valence-corrected chi connectivity index (χ2v) is 10.6. The first-order valence-electron chi connectivity index (χ1n) is 13.7. The zero-order valence-corrected chi connectivity index (χ0v) is 23.0. The molecule has 10 heteroatoms. The van der Waals surface area contributed by atoms with Gasteiger partial charge >= 0.3 is 0 Å². The predicted molar refractivity (Wildman–Crippen MR) is 158 cm³/mol. The van der Waals surface area contributed by atoms with Crippen LogP contribution in [-0.2, 0) is 6.54 Å². The Morgan fingerprint density at radius 3 is 2.50 bits per heavy atom. The largest absolute Gasteiger partial charge is 0.369 e. The molecule has 1 N–H and O–H groups in total. The van der Waals surface area contributed by atoms with Crippen LogP contribution in [0.5, 0.6) is 0 Å².